The Kier molecular flexibility index (Phi) is 5.83. The van der Waals surface area contributed by atoms with Crippen molar-refractivity contribution >= 4 is 11.6 Å². The van der Waals surface area contributed by atoms with Crippen LogP contribution in [0, 0.1) is 16.0 Å². The summed E-state index contributed by atoms with van der Waals surface area (Å²) in [6.45, 7) is 4.57. The van der Waals surface area contributed by atoms with Crippen LogP contribution in [0.2, 0.25) is 0 Å². The van der Waals surface area contributed by atoms with Crippen molar-refractivity contribution in [1.29, 1.82) is 0 Å². The molecule has 0 aliphatic heterocycles. The van der Waals surface area contributed by atoms with E-state index in [9.17, 15) is 14.9 Å². The normalized spacial score (nSPS) is 14.6. The zero-order valence-electron chi connectivity index (χ0n) is 15.6. The van der Waals surface area contributed by atoms with Crippen LogP contribution in [-0.4, -0.2) is 38.5 Å². The Balaban J connectivity index is 1.63. The van der Waals surface area contributed by atoms with Gasteiger partial charge in [-0.15, -0.1) is 0 Å². The van der Waals surface area contributed by atoms with E-state index in [1.54, 1.807) is 12.1 Å². The number of nitro groups is 1. The number of carbonyl (C=O) groups is 1. The first-order chi connectivity index (χ1) is 13.0. The van der Waals surface area contributed by atoms with Gasteiger partial charge in [-0.2, -0.15) is 4.98 Å². The number of amides is 1. The lowest BCUT2D eigenvalue weighted by Gasteiger charge is -2.29. The van der Waals surface area contributed by atoms with Gasteiger partial charge < -0.3 is 9.42 Å². The largest absolute Gasteiger partial charge is 0.340 e. The van der Waals surface area contributed by atoms with Crippen LogP contribution in [0.4, 0.5) is 5.69 Å². The molecule has 0 atom stereocenters. The van der Waals surface area contributed by atoms with Crippen molar-refractivity contribution in [2.24, 2.45) is 5.92 Å². The van der Waals surface area contributed by atoms with Gasteiger partial charge in [0.1, 0.15) is 0 Å². The molecule has 0 saturated heterocycles. The van der Waals surface area contributed by atoms with E-state index in [1.807, 2.05) is 18.7 Å². The van der Waals surface area contributed by atoms with E-state index in [4.69, 9.17) is 4.52 Å². The molecule has 0 radical (unpaired) electrons. The first-order valence-electron chi connectivity index (χ1n) is 9.33. The van der Waals surface area contributed by atoms with Gasteiger partial charge in [-0.3, -0.25) is 14.9 Å². The number of carbonyl (C=O) groups excluding carboxylic acids is 1. The Morgan fingerprint density at radius 2 is 1.96 bits per heavy atom. The molecule has 8 nitrogen and oxygen atoms in total. The van der Waals surface area contributed by atoms with Crippen LogP contribution in [0.3, 0.4) is 0 Å². The average Bonchev–Trinajstić information content (AvgIpc) is 3.33. The molecule has 1 heterocycles. The predicted molar refractivity (Wildman–Crippen MR) is 98.9 cm³/mol. The van der Waals surface area contributed by atoms with Gasteiger partial charge in [0.05, 0.1) is 4.92 Å². The summed E-state index contributed by atoms with van der Waals surface area (Å²) in [5.41, 5.74) is 0.666. The molecule has 1 amide bonds. The van der Waals surface area contributed by atoms with Crippen molar-refractivity contribution < 1.29 is 14.2 Å². The summed E-state index contributed by atoms with van der Waals surface area (Å²) in [5, 5.41) is 14.7. The second-order valence-corrected chi connectivity index (χ2v) is 7.17. The molecule has 27 heavy (non-hydrogen) atoms. The Morgan fingerprint density at radius 1 is 1.30 bits per heavy atom. The van der Waals surface area contributed by atoms with Gasteiger partial charge in [0.25, 0.3) is 5.69 Å². The number of nitro benzene ring substituents is 1. The van der Waals surface area contributed by atoms with Crippen LogP contribution in [0.5, 0.6) is 0 Å². The summed E-state index contributed by atoms with van der Waals surface area (Å²) in [6, 6.07) is 6.13. The molecule has 0 unspecified atom stereocenters. The zero-order chi connectivity index (χ0) is 19.4. The number of aromatic nitrogens is 2. The van der Waals surface area contributed by atoms with Crippen LogP contribution in [0.15, 0.2) is 28.8 Å². The Bertz CT molecular complexity index is 794. The maximum Gasteiger partial charge on any atom is 0.269 e. The van der Waals surface area contributed by atoms with E-state index in [-0.39, 0.29) is 23.6 Å². The lowest BCUT2D eigenvalue weighted by atomic mass is 10.1. The third-order valence-corrected chi connectivity index (χ3v) is 4.98. The summed E-state index contributed by atoms with van der Waals surface area (Å²) in [7, 11) is 0. The van der Waals surface area contributed by atoms with Crippen molar-refractivity contribution in [3.8, 4) is 11.4 Å². The lowest BCUT2D eigenvalue weighted by molar-refractivity contribution is -0.384. The second-order valence-electron chi connectivity index (χ2n) is 7.17. The molecule has 1 saturated carbocycles. The van der Waals surface area contributed by atoms with Crippen molar-refractivity contribution in [3.05, 3.63) is 40.3 Å². The molecule has 1 aliphatic carbocycles. The molecule has 1 aliphatic rings. The summed E-state index contributed by atoms with van der Waals surface area (Å²) in [5.74, 6) is 1.20. The molecule has 3 rings (SSSR count). The predicted octanol–water partition coefficient (Wildman–Crippen LogP) is 3.61. The number of nitrogens with zero attached hydrogens (tertiary/aromatic N) is 4. The average molecular weight is 372 g/mol. The lowest BCUT2D eigenvalue weighted by Crippen LogP contribution is -2.41. The number of rotatable bonds is 7. The third-order valence-electron chi connectivity index (χ3n) is 4.98. The Labute approximate surface area is 157 Å². The minimum Gasteiger partial charge on any atom is -0.340 e. The first-order valence-corrected chi connectivity index (χ1v) is 9.33. The van der Waals surface area contributed by atoms with Gasteiger partial charge in [0.2, 0.25) is 17.6 Å². The van der Waals surface area contributed by atoms with E-state index < -0.39 is 4.92 Å². The van der Waals surface area contributed by atoms with Gasteiger partial charge in [0, 0.05) is 42.6 Å². The first kappa shape index (κ1) is 19.0. The fourth-order valence-electron chi connectivity index (χ4n) is 3.45. The molecule has 0 spiro atoms. The van der Waals surface area contributed by atoms with E-state index in [2.05, 4.69) is 10.1 Å². The van der Waals surface area contributed by atoms with Crippen LogP contribution in [0.25, 0.3) is 11.4 Å². The highest BCUT2D eigenvalue weighted by Crippen LogP contribution is 2.27. The molecule has 0 N–H and O–H groups in total. The van der Waals surface area contributed by atoms with E-state index in [0.29, 0.717) is 30.2 Å². The van der Waals surface area contributed by atoms with E-state index in [1.165, 1.54) is 12.1 Å². The van der Waals surface area contributed by atoms with Gasteiger partial charge in [0.15, 0.2) is 0 Å². The maximum atomic E-state index is 12.7. The van der Waals surface area contributed by atoms with Crippen molar-refractivity contribution in [2.45, 2.75) is 52.0 Å². The summed E-state index contributed by atoms with van der Waals surface area (Å²) in [4.78, 5) is 29.3. The SMILES string of the molecule is CC(C)N(CCc1nc(-c2ccc([N+](=O)[O-])cc2)no1)C(=O)C1CCCC1. The van der Waals surface area contributed by atoms with Gasteiger partial charge >= 0.3 is 0 Å². The molecule has 2 aromatic rings. The van der Waals surface area contributed by atoms with Gasteiger partial charge in [-0.25, -0.2) is 0 Å². The second kappa shape index (κ2) is 8.28. The number of hydrogen-bond acceptors (Lipinski definition) is 6. The van der Waals surface area contributed by atoms with Crippen molar-refractivity contribution in [2.75, 3.05) is 6.54 Å². The fraction of sp³-hybridized carbons (Fsp3) is 0.526. The molecular formula is C19H24N4O4. The van der Waals surface area contributed by atoms with Crippen LogP contribution >= 0.6 is 0 Å². The quantitative estimate of drug-likeness (QED) is 0.543. The monoisotopic (exact) mass is 372 g/mol. The molecule has 144 valence electrons. The van der Waals surface area contributed by atoms with Crippen molar-refractivity contribution in [3.63, 3.8) is 0 Å². The summed E-state index contributed by atoms with van der Waals surface area (Å²) >= 11 is 0. The topological polar surface area (TPSA) is 102 Å². The fourth-order valence-corrected chi connectivity index (χ4v) is 3.45. The van der Waals surface area contributed by atoms with Crippen LogP contribution < -0.4 is 0 Å². The summed E-state index contributed by atoms with van der Waals surface area (Å²) < 4.78 is 5.30. The molecule has 1 aromatic carbocycles. The Morgan fingerprint density at radius 3 is 2.56 bits per heavy atom. The smallest absolute Gasteiger partial charge is 0.269 e. The standard InChI is InChI=1S/C19H24N4O4/c1-13(2)22(19(24)15-5-3-4-6-15)12-11-17-20-18(21-27-17)14-7-9-16(10-8-14)23(25)26/h7-10,13,15H,3-6,11-12H2,1-2H3. The molecule has 8 heteroatoms. The van der Waals surface area contributed by atoms with Crippen LogP contribution in [-0.2, 0) is 11.2 Å². The van der Waals surface area contributed by atoms with Crippen LogP contribution in [0.1, 0.15) is 45.4 Å². The molecule has 0 bridgehead atoms. The Hall–Kier alpha value is -2.77. The highest BCUT2D eigenvalue weighted by molar-refractivity contribution is 5.79. The molecule has 1 aromatic heterocycles. The number of benzene rings is 1. The zero-order valence-corrected chi connectivity index (χ0v) is 15.6. The highest BCUT2D eigenvalue weighted by atomic mass is 16.6. The molecule has 1 fully saturated rings. The third kappa shape index (κ3) is 4.50. The summed E-state index contributed by atoms with van der Waals surface area (Å²) in [6.07, 6.45) is 4.70. The minimum atomic E-state index is -0.451. The van der Waals surface area contributed by atoms with E-state index in [0.717, 1.165) is 25.7 Å². The highest BCUT2D eigenvalue weighted by Gasteiger charge is 2.28. The molecular weight excluding hydrogens is 348 g/mol. The number of hydrogen-bond donors (Lipinski definition) is 0. The minimum absolute atomic E-state index is 0.0143. The number of non-ortho nitro benzene ring substituents is 1. The van der Waals surface area contributed by atoms with E-state index >= 15 is 0 Å². The maximum absolute atomic E-state index is 12.7. The van der Waals surface area contributed by atoms with Gasteiger partial charge in [-0.1, -0.05) is 18.0 Å². The van der Waals surface area contributed by atoms with Gasteiger partial charge in [-0.05, 0) is 38.8 Å². The van der Waals surface area contributed by atoms with Crippen molar-refractivity contribution in [1.82, 2.24) is 15.0 Å².